The van der Waals surface area contributed by atoms with Crippen molar-refractivity contribution in [1.29, 1.82) is 0 Å². The Morgan fingerprint density at radius 2 is 1.91 bits per heavy atom. The summed E-state index contributed by atoms with van der Waals surface area (Å²) >= 11 is 0. The first-order valence-corrected chi connectivity index (χ1v) is 7.13. The zero-order chi connectivity index (χ0) is 16.6. The molecule has 0 spiro atoms. The quantitative estimate of drug-likeness (QED) is 0.647. The molecule has 120 valence electrons. The average molecular weight is 305 g/mol. The largest absolute Gasteiger partial charge is 0.459 e. The maximum Gasteiger partial charge on any atom is 0.408 e. The van der Waals surface area contributed by atoms with E-state index in [9.17, 15) is 9.59 Å². The zero-order valence-corrected chi connectivity index (χ0v) is 13.3. The Hall–Kier alpha value is -2.30. The first-order valence-electron chi connectivity index (χ1n) is 7.13. The summed E-state index contributed by atoms with van der Waals surface area (Å²) in [5.74, 6) is -0.519. The lowest BCUT2D eigenvalue weighted by atomic mass is 10.2. The molecule has 0 aromatic heterocycles. The maximum atomic E-state index is 12.1. The van der Waals surface area contributed by atoms with Crippen LogP contribution in [-0.4, -0.2) is 23.7 Å². The van der Waals surface area contributed by atoms with Gasteiger partial charge in [0, 0.05) is 0 Å². The number of rotatable bonds is 6. The molecule has 22 heavy (non-hydrogen) atoms. The average Bonchev–Trinajstić information content (AvgIpc) is 2.43. The topological polar surface area (TPSA) is 64.6 Å². The van der Waals surface area contributed by atoms with Crippen molar-refractivity contribution in [2.24, 2.45) is 0 Å². The lowest BCUT2D eigenvalue weighted by molar-refractivity contribution is -0.147. The van der Waals surface area contributed by atoms with Crippen molar-refractivity contribution < 1.29 is 19.1 Å². The summed E-state index contributed by atoms with van der Waals surface area (Å²) in [5, 5.41) is 2.50. The van der Waals surface area contributed by atoms with Crippen LogP contribution in [-0.2, 0) is 20.9 Å². The predicted octanol–water partition coefficient (Wildman–Crippen LogP) is 3.20. The minimum absolute atomic E-state index is 0.156. The zero-order valence-electron chi connectivity index (χ0n) is 13.3. The third-order valence-electron chi connectivity index (χ3n) is 2.60. The van der Waals surface area contributed by atoms with Gasteiger partial charge < -0.3 is 14.8 Å². The van der Waals surface area contributed by atoms with Gasteiger partial charge in [-0.05, 0) is 32.8 Å². The summed E-state index contributed by atoms with van der Waals surface area (Å²) in [5.41, 5.74) is 0.252. The van der Waals surface area contributed by atoms with E-state index in [4.69, 9.17) is 9.47 Å². The monoisotopic (exact) mass is 305 g/mol. The van der Waals surface area contributed by atoms with Crippen LogP contribution in [0.5, 0.6) is 0 Å². The Morgan fingerprint density at radius 3 is 2.45 bits per heavy atom. The molecule has 1 aromatic rings. The number of alkyl carbamates (subject to hydrolysis) is 1. The molecule has 0 bridgehead atoms. The van der Waals surface area contributed by atoms with Gasteiger partial charge in [0.25, 0.3) is 0 Å². The number of carbonyl (C=O) groups is 2. The van der Waals surface area contributed by atoms with E-state index in [0.29, 0.717) is 0 Å². The van der Waals surface area contributed by atoms with E-state index in [-0.39, 0.29) is 13.0 Å². The molecule has 1 N–H and O–H groups in total. The predicted molar refractivity (Wildman–Crippen MR) is 84.2 cm³/mol. The van der Waals surface area contributed by atoms with Crippen molar-refractivity contribution >= 4 is 12.1 Å². The normalized spacial score (nSPS) is 12.1. The van der Waals surface area contributed by atoms with E-state index in [1.54, 1.807) is 26.8 Å². The Bertz CT molecular complexity index is 505. The SMILES string of the molecule is C=CC[C@@H](NC(=O)OC(C)(C)C)C(=O)OCc1ccccc1. The van der Waals surface area contributed by atoms with Crippen molar-refractivity contribution in [3.63, 3.8) is 0 Å². The fraction of sp³-hybridized carbons (Fsp3) is 0.412. The van der Waals surface area contributed by atoms with Crippen molar-refractivity contribution in [1.82, 2.24) is 5.32 Å². The van der Waals surface area contributed by atoms with Gasteiger partial charge in [0.15, 0.2) is 0 Å². The Balaban J connectivity index is 2.56. The summed E-state index contributed by atoms with van der Waals surface area (Å²) in [6.45, 7) is 9.00. The van der Waals surface area contributed by atoms with Gasteiger partial charge in [0.2, 0.25) is 0 Å². The van der Waals surface area contributed by atoms with Crippen LogP contribution in [0.25, 0.3) is 0 Å². The number of nitrogens with one attached hydrogen (secondary N) is 1. The van der Waals surface area contributed by atoms with Gasteiger partial charge in [-0.15, -0.1) is 6.58 Å². The Morgan fingerprint density at radius 1 is 1.27 bits per heavy atom. The molecule has 0 saturated heterocycles. The minimum Gasteiger partial charge on any atom is -0.459 e. The van der Waals surface area contributed by atoms with E-state index < -0.39 is 23.7 Å². The van der Waals surface area contributed by atoms with Crippen LogP contribution in [0.2, 0.25) is 0 Å². The van der Waals surface area contributed by atoms with Crippen molar-refractivity contribution in [2.45, 2.75) is 45.4 Å². The summed E-state index contributed by atoms with van der Waals surface area (Å²) < 4.78 is 10.4. The van der Waals surface area contributed by atoms with Crippen molar-refractivity contribution in [3.8, 4) is 0 Å². The number of amides is 1. The highest BCUT2D eigenvalue weighted by atomic mass is 16.6. The molecular formula is C17H23NO4. The number of carbonyl (C=O) groups excluding carboxylic acids is 2. The molecule has 5 heteroatoms. The van der Waals surface area contributed by atoms with Gasteiger partial charge in [0.05, 0.1) is 0 Å². The molecule has 0 aliphatic heterocycles. The van der Waals surface area contributed by atoms with Gasteiger partial charge in [-0.2, -0.15) is 0 Å². The fourth-order valence-electron chi connectivity index (χ4n) is 1.66. The van der Waals surface area contributed by atoms with Crippen LogP contribution in [0.4, 0.5) is 4.79 Å². The number of esters is 1. The smallest absolute Gasteiger partial charge is 0.408 e. The van der Waals surface area contributed by atoms with Gasteiger partial charge >= 0.3 is 12.1 Å². The molecule has 0 aliphatic rings. The number of ether oxygens (including phenoxy) is 2. The van der Waals surface area contributed by atoms with Gasteiger partial charge in [-0.25, -0.2) is 9.59 Å². The second kappa shape index (κ2) is 8.22. The molecule has 5 nitrogen and oxygen atoms in total. The summed E-state index contributed by atoms with van der Waals surface area (Å²) in [6, 6.07) is 8.52. The third kappa shape index (κ3) is 6.92. The van der Waals surface area contributed by atoms with Crippen molar-refractivity contribution in [3.05, 3.63) is 48.6 Å². The van der Waals surface area contributed by atoms with Crippen LogP contribution in [0.3, 0.4) is 0 Å². The number of benzene rings is 1. The van der Waals surface area contributed by atoms with Crippen LogP contribution in [0.1, 0.15) is 32.8 Å². The molecule has 0 heterocycles. The first kappa shape index (κ1) is 17.8. The number of hydrogen-bond donors (Lipinski definition) is 1. The highest BCUT2D eigenvalue weighted by Gasteiger charge is 2.24. The van der Waals surface area contributed by atoms with Crippen LogP contribution in [0.15, 0.2) is 43.0 Å². The van der Waals surface area contributed by atoms with Crippen LogP contribution < -0.4 is 5.32 Å². The van der Waals surface area contributed by atoms with E-state index in [0.717, 1.165) is 5.56 Å². The van der Waals surface area contributed by atoms with E-state index >= 15 is 0 Å². The third-order valence-corrected chi connectivity index (χ3v) is 2.60. The molecule has 1 rings (SSSR count). The molecule has 0 saturated carbocycles. The van der Waals surface area contributed by atoms with E-state index in [1.165, 1.54) is 0 Å². The van der Waals surface area contributed by atoms with Gasteiger partial charge in [-0.3, -0.25) is 0 Å². The fourth-order valence-corrected chi connectivity index (χ4v) is 1.66. The second-order valence-electron chi connectivity index (χ2n) is 5.82. The molecule has 0 fully saturated rings. The number of hydrogen-bond acceptors (Lipinski definition) is 4. The standard InChI is InChI=1S/C17H23NO4/c1-5-9-14(18-16(20)22-17(2,3)4)15(19)21-12-13-10-7-6-8-11-13/h5-8,10-11,14H,1,9,12H2,2-4H3,(H,18,20)/t14-/m1/s1. The van der Waals surface area contributed by atoms with E-state index in [2.05, 4.69) is 11.9 Å². The Labute approximate surface area is 131 Å². The second-order valence-corrected chi connectivity index (χ2v) is 5.82. The molecule has 1 atom stereocenters. The summed E-state index contributed by atoms with van der Waals surface area (Å²) in [7, 11) is 0. The van der Waals surface area contributed by atoms with Crippen molar-refractivity contribution in [2.75, 3.05) is 0 Å². The molecule has 0 radical (unpaired) electrons. The summed E-state index contributed by atoms with van der Waals surface area (Å²) in [6.07, 6.45) is 1.16. The minimum atomic E-state index is -0.809. The maximum absolute atomic E-state index is 12.1. The molecule has 0 aliphatic carbocycles. The lowest BCUT2D eigenvalue weighted by Gasteiger charge is -2.22. The van der Waals surface area contributed by atoms with Crippen LogP contribution in [0, 0.1) is 0 Å². The summed E-state index contributed by atoms with van der Waals surface area (Å²) in [4.78, 5) is 23.8. The molecule has 1 aromatic carbocycles. The van der Waals surface area contributed by atoms with Gasteiger partial charge in [-0.1, -0.05) is 36.4 Å². The lowest BCUT2D eigenvalue weighted by Crippen LogP contribution is -2.44. The molecule has 1 amide bonds. The Kier molecular flexibility index (Phi) is 6.63. The highest BCUT2D eigenvalue weighted by molar-refractivity contribution is 5.81. The molecular weight excluding hydrogens is 282 g/mol. The first-order chi connectivity index (χ1) is 10.3. The highest BCUT2D eigenvalue weighted by Crippen LogP contribution is 2.08. The van der Waals surface area contributed by atoms with E-state index in [1.807, 2.05) is 30.3 Å². The van der Waals surface area contributed by atoms with Crippen LogP contribution >= 0.6 is 0 Å². The van der Waals surface area contributed by atoms with Gasteiger partial charge in [0.1, 0.15) is 18.2 Å². The molecule has 0 unspecified atom stereocenters.